The van der Waals surface area contributed by atoms with Gasteiger partial charge in [-0.15, -0.1) is 11.8 Å². The van der Waals surface area contributed by atoms with Crippen LogP contribution in [0.4, 0.5) is 0 Å². The predicted octanol–water partition coefficient (Wildman–Crippen LogP) is 3.05. The summed E-state index contributed by atoms with van der Waals surface area (Å²) in [6.45, 7) is 4.00. The van der Waals surface area contributed by atoms with E-state index in [1.165, 1.54) is 0 Å². The van der Waals surface area contributed by atoms with Crippen LogP contribution < -0.4 is 5.56 Å². The van der Waals surface area contributed by atoms with Gasteiger partial charge < -0.3 is 9.55 Å². The highest BCUT2D eigenvalue weighted by molar-refractivity contribution is 7.98. The van der Waals surface area contributed by atoms with Crippen molar-refractivity contribution in [3.05, 3.63) is 52.2 Å². The Hall–Kier alpha value is -2.01. The fourth-order valence-electron chi connectivity index (χ4n) is 2.37. The average Bonchev–Trinajstić information content (AvgIpc) is 2.81. The minimum absolute atomic E-state index is 0.0724. The lowest BCUT2D eigenvalue weighted by molar-refractivity contribution is 0.973. The number of nitrogens with zero attached hydrogens (tertiary/aromatic N) is 2. The molecule has 0 aliphatic rings. The maximum absolute atomic E-state index is 11.4. The molecule has 0 amide bonds. The number of hydrogen-bond donors (Lipinski definition) is 1. The largest absolute Gasteiger partial charge is 0.322 e. The fraction of sp³-hybridized carbons (Fsp3) is 0.200. The molecular formula is C15H15N3OS. The molecule has 0 aliphatic heterocycles. The van der Waals surface area contributed by atoms with E-state index in [9.17, 15) is 4.79 Å². The van der Waals surface area contributed by atoms with Gasteiger partial charge in [0.05, 0.1) is 5.52 Å². The molecular weight excluding hydrogens is 270 g/mol. The Morgan fingerprint density at radius 1 is 1.25 bits per heavy atom. The lowest BCUT2D eigenvalue weighted by Crippen LogP contribution is -2.04. The zero-order valence-corrected chi connectivity index (χ0v) is 12.4. The minimum Gasteiger partial charge on any atom is -0.322 e. The Kier molecular flexibility index (Phi) is 3.14. The molecule has 0 fully saturated rings. The monoisotopic (exact) mass is 285 g/mol. The second-order valence-electron chi connectivity index (χ2n) is 4.75. The van der Waals surface area contributed by atoms with E-state index in [4.69, 9.17) is 0 Å². The third-order valence-electron chi connectivity index (χ3n) is 3.36. The van der Waals surface area contributed by atoms with Gasteiger partial charge in [0.25, 0.3) is 0 Å². The number of fused-ring (bicyclic) bond motifs is 1. The number of aromatic amines is 1. The predicted molar refractivity (Wildman–Crippen MR) is 82.9 cm³/mol. The molecule has 0 bridgehead atoms. The van der Waals surface area contributed by atoms with E-state index in [1.807, 2.05) is 32.4 Å². The first-order valence-corrected chi connectivity index (χ1v) is 7.55. The molecule has 0 unspecified atom stereocenters. The number of H-pyrrole nitrogens is 1. The molecule has 1 N–H and O–H groups in total. The number of thioether (sulfide) groups is 1. The molecule has 20 heavy (non-hydrogen) atoms. The van der Waals surface area contributed by atoms with Gasteiger partial charge in [0.1, 0.15) is 10.9 Å². The van der Waals surface area contributed by atoms with Crippen LogP contribution in [0.1, 0.15) is 11.4 Å². The van der Waals surface area contributed by atoms with E-state index in [-0.39, 0.29) is 5.56 Å². The van der Waals surface area contributed by atoms with E-state index >= 15 is 0 Å². The Balaban J connectivity index is 2.24. The van der Waals surface area contributed by atoms with Gasteiger partial charge in [-0.25, -0.2) is 4.98 Å². The summed E-state index contributed by atoms with van der Waals surface area (Å²) in [5, 5.41) is 2.03. The number of rotatable bonds is 2. The van der Waals surface area contributed by atoms with Gasteiger partial charge in [0, 0.05) is 23.3 Å². The highest BCUT2D eigenvalue weighted by Crippen LogP contribution is 2.23. The number of aromatic nitrogens is 3. The normalized spacial score (nSPS) is 11.2. The van der Waals surface area contributed by atoms with Crippen molar-refractivity contribution in [3.8, 4) is 5.69 Å². The summed E-state index contributed by atoms with van der Waals surface area (Å²) >= 11 is 1.63. The maximum Gasteiger partial charge on any atom is 0.248 e. The van der Waals surface area contributed by atoms with Crippen molar-refractivity contribution >= 4 is 22.7 Å². The lowest BCUT2D eigenvalue weighted by atomic mass is 10.1. The molecule has 0 saturated carbocycles. The van der Waals surface area contributed by atoms with Crippen molar-refractivity contribution in [1.82, 2.24) is 14.5 Å². The number of nitrogens with one attached hydrogen (secondary N) is 1. The second-order valence-corrected chi connectivity index (χ2v) is 5.58. The summed E-state index contributed by atoms with van der Waals surface area (Å²) < 4.78 is 2.07. The van der Waals surface area contributed by atoms with Crippen LogP contribution >= 0.6 is 11.8 Å². The van der Waals surface area contributed by atoms with Gasteiger partial charge in [-0.3, -0.25) is 4.79 Å². The van der Waals surface area contributed by atoms with Gasteiger partial charge in [-0.2, -0.15) is 0 Å². The SMILES string of the molecule is CSc1cn(-c2cc(C)c3[nH]c(=O)ccc3c2)c(C)n1. The van der Waals surface area contributed by atoms with Gasteiger partial charge in [0.2, 0.25) is 5.56 Å². The average molecular weight is 285 g/mol. The van der Waals surface area contributed by atoms with Crippen molar-refractivity contribution < 1.29 is 0 Å². The molecule has 0 saturated heterocycles. The molecule has 2 heterocycles. The Morgan fingerprint density at radius 2 is 2.05 bits per heavy atom. The van der Waals surface area contributed by atoms with Crippen LogP contribution in [0.25, 0.3) is 16.6 Å². The molecule has 1 aromatic carbocycles. The topological polar surface area (TPSA) is 50.7 Å². The third-order valence-corrected chi connectivity index (χ3v) is 3.98. The first kappa shape index (κ1) is 13.0. The summed E-state index contributed by atoms with van der Waals surface area (Å²) in [4.78, 5) is 18.8. The van der Waals surface area contributed by atoms with Gasteiger partial charge >= 0.3 is 0 Å². The summed E-state index contributed by atoms with van der Waals surface area (Å²) in [6, 6.07) is 7.54. The molecule has 4 nitrogen and oxygen atoms in total. The van der Waals surface area contributed by atoms with Crippen LogP contribution in [0.2, 0.25) is 0 Å². The molecule has 2 aromatic heterocycles. The van der Waals surface area contributed by atoms with E-state index in [0.717, 1.165) is 33.0 Å². The first-order valence-electron chi connectivity index (χ1n) is 6.32. The fourth-order valence-corrected chi connectivity index (χ4v) is 2.81. The number of aryl methyl sites for hydroxylation is 2. The van der Waals surface area contributed by atoms with Gasteiger partial charge in [0.15, 0.2) is 0 Å². The summed E-state index contributed by atoms with van der Waals surface area (Å²) in [7, 11) is 0. The van der Waals surface area contributed by atoms with Crippen LogP contribution in [0.5, 0.6) is 0 Å². The summed E-state index contributed by atoms with van der Waals surface area (Å²) in [5.41, 5.74) is 2.93. The van der Waals surface area contributed by atoms with Crippen molar-refractivity contribution in [2.24, 2.45) is 0 Å². The van der Waals surface area contributed by atoms with Crippen LogP contribution in [0.3, 0.4) is 0 Å². The summed E-state index contributed by atoms with van der Waals surface area (Å²) in [5.74, 6) is 0.956. The molecule has 3 aromatic rings. The molecule has 3 rings (SSSR count). The van der Waals surface area contributed by atoms with Crippen molar-refractivity contribution in [2.45, 2.75) is 18.9 Å². The molecule has 0 spiro atoms. The number of hydrogen-bond acceptors (Lipinski definition) is 3. The van der Waals surface area contributed by atoms with E-state index in [2.05, 4.69) is 26.7 Å². The Labute approximate surface area is 120 Å². The number of benzene rings is 1. The van der Waals surface area contributed by atoms with Crippen LogP contribution in [0.15, 0.2) is 40.3 Å². The van der Waals surface area contributed by atoms with Crippen LogP contribution in [-0.4, -0.2) is 20.8 Å². The highest BCUT2D eigenvalue weighted by atomic mass is 32.2. The van der Waals surface area contributed by atoms with Crippen molar-refractivity contribution in [3.63, 3.8) is 0 Å². The number of imidazole rings is 1. The van der Waals surface area contributed by atoms with E-state index in [0.29, 0.717) is 0 Å². The maximum atomic E-state index is 11.4. The molecule has 0 radical (unpaired) electrons. The smallest absolute Gasteiger partial charge is 0.248 e. The van der Waals surface area contributed by atoms with E-state index in [1.54, 1.807) is 17.8 Å². The van der Waals surface area contributed by atoms with E-state index < -0.39 is 0 Å². The zero-order valence-electron chi connectivity index (χ0n) is 11.6. The standard InChI is InChI=1S/C15H15N3OS/c1-9-6-12(18-8-14(20-3)16-10(18)2)7-11-4-5-13(19)17-15(9)11/h4-8H,1-3H3,(H,17,19). The minimum atomic E-state index is -0.0724. The Bertz CT molecular complexity index is 848. The van der Waals surface area contributed by atoms with Crippen molar-refractivity contribution in [2.75, 3.05) is 6.26 Å². The Morgan fingerprint density at radius 3 is 2.75 bits per heavy atom. The molecule has 0 atom stereocenters. The van der Waals surface area contributed by atoms with Gasteiger partial charge in [-0.05, 0) is 43.9 Å². The molecule has 0 aliphatic carbocycles. The molecule has 102 valence electrons. The lowest BCUT2D eigenvalue weighted by Gasteiger charge is -2.09. The molecule has 5 heteroatoms. The zero-order chi connectivity index (χ0) is 14.3. The van der Waals surface area contributed by atoms with Gasteiger partial charge in [-0.1, -0.05) is 0 Å². The first-order chi connectivity index (χ1) is 9.58. The quantitative estimate of drug-likeness (QED) is 0.736. The second kappa shape index (κ2) is 4.83. The van der Waals surface area contributed by atoms with Crippen molar-refractivity contribution in [1.29, 1.82) is 0 Å². The summed E-state index contributed by atoms with van der Waals surface area (Å²) in [6.07, 6.45) is 4.05. The highest BCUT2D eigenvalue weighted by Gasteiger charge is 2.08. The third kappa shape index (κ3) is 2.14. The van der Waals surface area contributed by atoms with Crippen LogP contribution in [-0.2, 0) is 0 Å². The number of pyridine rings is 1. The van der Waals surface area contributed by atoms with Crippen LogP contribution in [0, 0.1) is 13.8 Å².